The lowest BCUT2D eigenvalue weighted by Gasteiger charge is -2.69. The predicted molar refractivity (Wildman–Crippen MR) is 69.4 cm³/mol. The van der Waals surface area contributed by atoms with Gasteiger partial charge in [0.25, 0.3) is 0 Å². The number of rotatable bonds is 0. The number of nitrogens with zero attached hydrogens (tertiary/aromatic N) is 2. The van der Waals surface area contributed by atoms with Crippen molar-refractivity contribution >= 4 is 5.84 Å². The number of ether oxygens (including phenoxy) is 1. The van der Waals surface area contributed by atoms with Crippen LogP contribution in [-0.4, -0.2) is 36.2 Å². The second-order valence-corrected chi connectivity index (χ2v) is 6.90. The lowest BCUT2D eigenvalue weighted by Crippen LogP contribution is -2.75. The monoisotopic (exact) mass is 246 g/mol. The first-order valence-corrected chi connectivity index (χ1v) is 7.88. The Balaban J connectivity index is 1.72. The third kappa shape index (κ3) is 0.974. The summed E-state index contributed by atoms with van der Waals surface area (Å²) >= 11 is 0. The molecule has 1 saturated carbocycles. The molecule has 1 unspecified atom stereocenters. The van der Waals surface area contributed by atoms with Crippen molar-refractivity contribution in [2.45, 2.75) is 57.3 Å². The molecule has 1 aliphatic carbocycles. The smallest absolute Gasteiger partial charge is 0.134 e. The molecule has 0 N–H and O–H groups in total. The van der Waals surface area contributed by atoms with E-state index in [1.54, 1.807) is 0 Å². The minimum atomic E-state index is 0.344. The van der Waals surface area contributed by atoms with Gasteiger partial charge >= 0.3 is 0 Å². The van der Waals surface area contributed by atoms with Gasteiger partial charge in [-0.1, -0.05) is 6.42 Å². The highest BCUT2D eigenvalue weighted by molar-refractivity contribution is 5.92. The van der Waals surface area contributed by atoms with E-state index in [-0.39, 0.29) is 0 Å². The van der Waals surface area contributed by atoms with Crippen molar-refractivity contribution in [3.05, 3.63) is 0 Å². The van der Waals surface area contributed by atoms with E-state index in [4.69, 9.17) is 9.73 Å². The first kappa shape index (κ1) is 10.2. The van der Waals surface area contributed by atoms with Crippen LogP contribution < -0.4 is 0 Å². The summed E-state index contributed by atoms with van der Waals surface area (Å²) in [6, 6.07) is 0. The molecule has 0 amide bonds. The van der Waals surface area contributed by atoms with Crippen molar-refractivity contribution in [1.29, 1.82) is 0 Å². The molecule has 5 heterocycles. The zero-order valence-corrected chi connectivity index (χ0v) is 11.0. The van der Waals surface area contributed by atoms with Crippen molar-refractivity contribution in [2.75, 3.05) is 13.1 Å². The van der Waals surface area contributed by atoms with Crippen molar-refractivity contribution < 1.29 is 4.74 Å². The second-order valence-electron chi connectivity index (χ2n) is 6.90. The molecular formula is C15H22N2O. The van der Waals surface area contributed by atoms with Gasteiger partial charge in [-0.3, -0.25) is 4.99 Å². The summed E-state index contributed by atoms with van der Waals surface area (Å²) in [6.45, 7) is 2.26. The van der Waals surface area contributed by atoms with Crippen LogP contribution in [-0.2, 0) is 4.74 Å². The molecule has 6 rings (SSSR count). The Morgan fingerprint density at radius 3 is 3.17 bits per heavy atom. The summed E-state index contributed by atoms with van der Waals surface area (Å²) in [5, 5.41) is 0. The van der Waals surface area contributed by atoms with Gasteiger partial charge < -0.3 is 9.64 Å². The highest BCUT2D eigenvalue weighted by Crippen LogP contribution is 2.62. The van der Waals surface area contributed by atoms with E-state index in [1.807, 2.05) is 0 Å². The SMILES string of the molecule is C1C[C@H]2O[C@H]3C4CCCN3C3=NCCC[C@]32[C@H]4C1. The minimum absolute atomic E-state index is 0.344. The molecule has 0 radical (unpaired) electrons. The maximum absolute atomic E-state index is 6.53. The molecule has 5 aliphatic heterocycles. The van der Waals surface area contributed by atoms with E-state index < -0.39 is 0 Å². The summed E-state index contributed by atoms with van der Waals surface area (Å²) in [5.74, 6) is 3.19. The lowest BCUT2D eigenvalue weighted by atomic mass is 9.51. The summed E-state index contributed by atoms with van der Waals surface area (Å²) in [7, 11) is 0. The van der Waals surface area contributed by atoms with Crippen LogP contribution in [0.15, 0.2) is 4.99 Å². The van der Waals surface area contributed by atoms with Gasteiger partial charge in [-0.2, -0.15) is 0 Å². The first-order valence-electron chi connectivity index (χ1n) is 7.88. The van der Waals surface area contributed by atoms with Crippen LogP contribution in [0.4, 0.5) is 0 Å². The van der Waals surface area contributed by atoms with Crippen LogP contribution in [0, 0.1) is 17.3 Å². The van der Waals surface area contributed by atoms with Gasteiger partial charge in [0, 0.05) is 19.0 Å². The van der Waals surface area contributed by atoms with Crippen molar-refractivity contribution in [3.8, 4) is 0 Å². The fourth-order valence-electron chi connectivity index (χ4n) is 5.86. The van der Waals surface area contributed by atoms with Crippen LogP contribution in [0.3, 0.4) is 0 Å². The predicted octanol–water partition coefficient (Wildman–Crippen LogP) is 2.42. The molecule has 0 aromatic carbocycles. The number of hydrogen-bond acceptors (Lipinski definition) is 3. The summed E-state index contributed by atoms with van der Waals surface area (Å²) in [6.07, 6.45) is 10.4. The van der Waals surface area contributed by atoms with E-state index in [9.17, 15) is 0 Å². The molecule has 0 aromatic rings. The Hall–Kier alpha value is -0.570. The van der Waals surface area contributed by atoms with Crippen LogP contribution in [0.1, 0.15) is 44.9 Å². The molecule has 0 aromatic heterocycles. The summed E-state index contributed by atoms with van der Waals surface area (Å²) < 4.78 is 6.53. The Bertz CT molecular complexity index is 421. The second kappa shape index (κ2) is 3.30. The Kier molecular flexibility index (Phi) is 1.88. The van der Waals surface area contributed by atoms with Crippen molar-refractivity contribution in [1.82, 2.24) is 4.90 Å². The molecule has 18 heavy (non-hydrogen) atoms. The van der Waals surface area contributed by atoms with Gasteiger partial charge in [-0.25, -0.2) is 0 Å². The minimum Gasteiger partial charge on any atom is -0.354 e. The van der Waals surface area contributed by atoms with Crippen LogP contribution >= 0.6 is 0 Å². The average molecular weight is 246 g/mol. The van der Waals surface area contributed by atoms with Gasteiger partial charge in [0.2, 0.25) is 0 Å². The quantitative estimate of drug-likeness (QED) is 0.655. The Morgan fingerprint density at radius 1 is 1.17 bits per heavy atom. The van der Waals surface area contributed by atoms with Crippen LogP contribution in [0.2, 0.25) is 0 Å². The molecular weight excluding hydrogens is 224 g/mol. The van der Waals surface area contributed by atoms with E-state index in [0.29, 0.717) is 17.7 Å². The Morgan fingerprint density at radius 2 is 2.17 bits per heavy atom. The maximum Gasteiger partial charge on any atom is 0.134 e. The van der Waals surface area contributed by atoms with Gasteiger partial charge in [0.1, 0.15) is 12.1 Å². The maximum atomic E-state index is 6.53. The molecule has 98 valence electrons. The third-order valence-electron chi connectivity index (χ3n) is 6.35. The normalized spacial score (nSPS) is 52.9. The summed E-state index contributed by atoms with van der Waals surface area (Å²) in [4.78, 5) is 7.55. The number of amidine groups is 1. The molecule has 3 heteroatoms. The number of piperidine rings is 2. The van der Waals surface area contributed by atoms with Gasteiger partial charge in [0.15, 0.2) is 0 Å². The van der Waals surface area contributed by atoms with Gasteiger partial charge in [-0.15, -0.1) is 0 Å². The zero-order chi connectivity index (χ0) is 11.7. The molecule has 6 bridgehead atoms. The molecule has 5 fully saturated rings. The fraction of sp³-hybridized carbons (Fsp3) is 0.933. The first-order chi connectivity index (χ1) is 8.91. The van der Waals surface area contributed by atoms with E-state index in [2.05, 4.69) is 4.90 Å². The van der Waals surface area contributed by atoms with Crippen molar-refractivity contribution in [3.63, 3.8) is 0 Å². The Labute approximate surface area is 109 Å². The van der Waals surface area contributed by atoms with Crippen molar-refractivity contribution in [2.24, 2.45) is 22.2 Å². The molecule has 4 saturated heterocycles. The molecule has 5 atom stereocenters. The number of hydrogen-bond donors (Lipinski definition) is 0. The fourth-order valence-corrected chi connectivity index (χ4v) is 5.86. The topological polar surface area (TPSA) is 24.8 Å². The standard InChI is InChI=1S/C15H22N2O/c1-5-11-10-4-2-9-17-13(10)18-12(6-1)15(11)7-3-8-16-14(15)17/h10-13H,1-9H2/t10?,11-,12+,13-,15+/m0/s1. The third-order valence-corrected chi connectivity index (χ3v) is 6.35. The van der Waals surface area contributed by atoms with E-state index in [0.717, 1.165) is 18.4 Å². The van der Waals surface area contributed by atoms with E-state index >= 15 is 0 Å². The van der Waals surface area contributed by atoms with Crippen LogP contribution in [0.5, 0.6) is 0 Å². The zero-order valence-electron chi connectivity index (χ0n) is 11.0. The number of aliphatic imine (C=N–C) groups is 1. The molecule has 6 aliphatic rings. The highest BCUT2D eigenvalue weighted by Gasteiger charge is 2.67. The van der Waals surface area contributed by atoms with Gasteiger partial charge in [-0.05, 0) is 44.4 Å². The lowest BCUT2D eigenvalue weighted by molar-refractivity contribution is -0.268. The highest BCUT2D eigenvalue weighted by atomic mass is 16.5. The largest absolute Gasteiger partial charge is 0.354 e. The van der Waals surface area contributed by atoms with Gasteiger partial charge in [0.05, 0.1) is 11.5 Å². The molecule has 3 nitrogen and oxygen atoms in total. The van der Waals surface area contributed by atoms with Crippen LogP contribution in [0.25, 0.3) is 0 Å². The molecule has 1 spiro atoms. The van der Waals surface area contributed by atoms with E-state index in [1.165, 1.54) is 57.3 Å². The average Bonchev–Trinajstić information content (AvgIpc) is 2.40. The summed E-state index contributed by atoms with van der Waals surface area (Å²) in [5.41, 5.74) is 0.344.